The quantitative estimate of drug-likeness (QED) is 0.730. The van der Waals surface area contributed by atoms with Gasteiger partial charge in [-0.05, 0) is 24.1 Å². The molecule has 0 saturated carbocycles. The van der Waals surface area contributed by atoms with E-state index in [2.05, 4.69) is 15.3 Å². The van der Waals surface area contributed by atoms with Crippen molar-refractivity contribution in [2.75, 3.05) is 11.9 Å². The third kappa shape index (κ3) is 3.68. The highest BCUT2D eigenvalue weighted by molar-refractivity contribution is 6.28. The van der Waals surface area contributed by atoms with E-state index in [1.54, 1.807) is 6.07 Å². The van der Waals surface area contributed by atoms with Crippen LogP contribution in [0, 0.1) is 0 Å². The van der Waals surface area contributed by atoms with E-state index < -0.39 is 0 Å². The molecule has 0 fully saturated rings. The Kier molecular flexibility index (Phi) is 4.28. The van der Waals surface area contributed by atoms with Crippen LogP contribution < -0.4 is 5.32 Å². The number of rotatable bonds is 4. The second-order valence-electron chi connectivity index (χ2n) is 2.59. The maximum Gasteiger partial charge on any atom is 0.225 e. The highest BCUT2D eigenvalue weighted by Gasteiger charge is 2.02. The predicted octanol–water partition coefficient (Wildman–Crippen LogP) is 0.841. The number of hydrogen-bond donors (Lipinski definition) is 2. The molecule has 6 heteroatoms. The highest BCUT2D eigenvalue weighted by Crippen LogP contribution is 2.06. The van der Waals surface area contributed by atoms with Crippen LogP contribution in [0.25, 0.3) is 0 Å². The number of halogens is 1. The van der Waals surface area contributed by atoms with Crippen LogP contribution in [-0.2, 0) is 4.79 Å². The van der Waals surface area contributed by atoms with Crippen LogP contribution in [0.4, 0.5) is 5.82 Å². The summed E-state index contributed by atoms with van der Waals surface area (Å²) in [6, 6.07) is 1.54. The number of aromatic nitrogens is 2. The molecule has 0 aliphatic rings. The topological polar surface area (TPSA) is 75.1 Å². The summed E-state index contributed by atoms with van der Waals surface area (Å²) in [4.78, 5) is 18.6. The van der Waals surface area contributed by atoms with Gasteiger partial charge in [0.2, 0.25) is 11.2 Å². The number of hydrogen-bond acceptors (Lipinski definition) is 4. The van der Waals surface area contributed by atoms with Gasteiger partial charge in [0.1, 0.15) is 5.82 Å². The lowest BCUT2D eigenvalue weighted by atomic mass is 10.3. The first-order valence-corrected chi connectivity index (χ1v) is 4.49. The molecule has 0 spiro atoms. The van der Waals surface area contributed by atoms with Gasteiger partial charge in [0, 0.05) is 19.2 Å². The van der Waals surface area contributed by atoms with Crippen molar-refractivity contribution < 1.29 is 9.90 Å². The van der Waals surface area contributed by atoms with Crippen LogP contribution in [0.1, 0.15) is 12.8 Å². The van der Waals surface area contributed by atoms with Gasteiger partial charge < -0.3 is 10.4 Å². The first-order valence-electron chi connectivity index (χ1n) is 4.11. The highest BCUT2D eigenvalue weighted by atomic mass is 35.5. The Morgan fingerprint density at radius 2 is 2.43 bits per heavy atom. The van der Waals surface area contributed by atoms with E-state index in [0.717, 1.165) is 0 Å². The molecule has 0 saturated heterocycles. The lowest BCUT2D eigenvalue weighted by molar-refractivity contribution is -0.116. The average Bonchev–Trinajstić information content (AvgIpc) is 2.15. The monoisotopic (exact) mass is 215 g/mol. The molecule has 0 aliphatic carbocycles. The summed E-state index contributed by atoms with van der Waals surface area (Å²) in [5.74, 6) is 0.168. The fourth-order valence-electron chi connectivity index (χ4n) is 0.849. The van der Waals surface area contributed by atoms with Crippen molar-refractivity contribution in [2.45, 2.75) is 12.8 Å². The van der Waals surface area contributed by atoms with Gasteiger partial charge in [-0.3, -0.25) is 4.79 Å². The SMILES string of the molecule is O=C(CCCO)Nc1ccnc(Cl)n1. The molecule has 0 radical (unpaired) electrons. The molecule has 0 atom stereocenters. The molecule has 2 N–H and O–H groups in total. The fraction of sp³-hybridized carbons (Fsp3) is 0.375. The summed E-state index contributed by atoms with van der Waals surface area (Å²) < 4.78 is 0. The normalized spacial score (nSPS) is 9.86. The van der Waals surface area contributed by atoms with Crippen LogP contribution in [0.15, 0.2) is 12.3 Å². The number of carbonyl (C=O) groups excluding carboxylic acids is 1. The van der Waals surface area contributed by atoms with Gasteiger partial charge in [-0.1, -0.05) is 0 Å². The maximum absolute atomic E-state index is 11.2. The Morgan fingerprint density at radius 1 is 1.64 bits per heavy atom. The van der Waals surface area contributed by atoms with E-state index >= 15 is 0 Å². The average molecular weight is 216 g/mol. The fourth-order valence-corrected chi connectivity index (χ4v) is 0.997. The van der Waals surface area contributed by atoms with Crippen molar-refractivity contribution >= 4 is 23.3 Å². The Labute approximate surface area is 86.1 Å². The van der Waals surface area contributed by atoms with Crippen LogP contribution in [-0.4, -0.2) is 27.6 Å². The number of anilines is 1. The molecule has 0 aromatic carbocycles. The van der Waals surface area contributed by atoms with Crippen molar-refractivity contribution in [3.8, 4) is 0 Å². The molecule has 1 rings (SSSR count). The standard InChI is InChI=1S/C8H10ClN3O2/c9-8-10-4-3-6(12-8)11-7(14)2-1-5-13/h3-4,13H,1-2,5H2,(H,10,11,12,14). The number of nitrogens with zero attached hydrogens (tertiary/aromatic N) is 2. The first kappa shape index (κ1) is 10.9. The zero-order valence-electron chi connectivity index (χ0n) is 7.40. The van der Waals surface area contributed by atoms with Crippen molar-refractivity contribution in [1.29, 1.82) is 0 Å². The van der Waals surface area contributed by atoms with Gasteiger partial charge in [-0.15, -0.1) is 0 Å². The molecule has 1 heterocycles. The second-order valence-corrected chi connectivity index (χ2v) is 2.92. The maximum atomic E-state index is 11.2. The van der Waals surface area contributed by atoms with Crippen molar-refractivity contribution in [2.24, 2.45) is 0 Å². The first-order chi connectivity index (χ1) is 6.72. The molecule has 0 aliphatic heterocycles. The predicted molar refractivity (Wildman–Crippen MR) is 52.0 cm³/mol. The summed E-state index contributed by atoms with van der Waals surface area (Å²) >= 11 is 5.52. The van der Waals surface area contributed by atoms with Crippen molar-refractivity contribution in [3.63, 3.8) is 0 Å². The molecular formula is C8H10ClN3O2. The Bertz CT molecular complexity index is 319. The third-order valence-corrected chi connectivity index (χ3v) is 1.64. The number of nitrogens with one attached hydrogen (secondary N) is 1. The lowest BCUT2D eigenvalue weighted by Gasteiger charge is -2.02. The second kappa shape index (κ2) is 5.51. The van der Waals surface area contributed by atoms with E-state index in [0.29, 0.717) is 12.2 Å². The Morgan fingerprint density at radius 3 is 3.07 bits per heavy atom. The minimum absolute atomic E-state index is 0.00203. The van der Waals surface area contributed by atoms with Crippen LogP contribution in [0.2, 0.25) is 5.28 Å². The zero-order valence-corrected chi connectivity index (χ0v) is 8.16. The van der Waals surface area contributed by atoms with Gasteiger partial charge in [0.25, 0.3) is 0 Å². The molecule has 1 aromatic heterocycles. The van der Waals surface area contributed by atoms with Gasteiger partial charge in [-0.2, -0.15) is 0 Å². The lowest BCUT2D eigenvalue weighted by Crippen LogP contribution is -2.12. The summed E-state index contributed by atoms with van der Waals surface area (Å²) in [6.45, 7) is -0.00203. The summed E-state index contributed by atoms with van der Waals surface area (Å²) in [7, 11) is 0. The van der Waals surface area contributed by atoms with Gasteiger partial charge in [-0.25, -0.2) is 9.97 Å². The molecular weight excluding hydrogens is 206 g/mol. The Hall–Kier alpha value is -1.20. The largest absolute Gasteiger partial charge is 0.396 e. The van der Waals surface area contributed by atoms with Crippen LogP contribution in [0.3, 0.4) is 0 Å². The summed E-state index contributed by atoms with van der Waals surface area (Å²) in [5, 5.41) is 11.1. The molecule has 1 amide bonds. The van der Waals surface area contributed by atoms with Gasteiger partial charge in [0.05, 0.1) is 0 Å². The van der Waals surface area contributed by atoms with E-state index in [4.69, 9.17) is 16.7 Å². The van der Waals surface area contributed by atoms with Crippen LogP contribution in [0.5, 0.6) is 0 Å². The molecule has 5 nitrogen and oxygen atoms in total. The van der Waals surface area contributed by atoms with Gasteiger partial charge in [0.15, 0.2) is 0 Å². The number of aliphatic hydroxyl groups excluding tert-OH is 1. The molecule has 14 heavy (non-hydrogen) atoms. The minimum atomic E-state index is -0.200. The van der Waals surface area contributed by atoms with E-state index in [-0.39, 0.29) is 24.2 Å². The number of amides is 1. The minimum Gasteiger partial charge on any atom is -0.396 e. The number of carbonyl (C=O) groups is 1. The van der Waals surface area contributed by atoms with E-state index in [1.165, 1.54) is 6.20 Å². The summed E-state index contributed by atoms with van der Waals surface area (Å²) in [5.41, 5.74) is 0. The zero-order chi connectivity index (χ0) is 10.4. The van der Waals surface area contributed by atoms with Crippen LogP contribution >= 0.6 is 11.6 Å². The molecule has 76 valence electrons. The summed E-state index contributed by atoms with van der Waals surface area (Å²) in [6.07, 6.45) is 2.15. The molecule has 0 unspecified atom stereocenters. The van der Waals surface area contributed by atoms with Gasteiger partial charge >= 0.3 is 0 Å². The van der Waals surface area contributed by atoms with E-state index in [1.807, 2.05) is 0 Å². The Balaban J connectivity index is 2.47. The van der Waals surface area contributed by atoms with Crippen molar-refractivity contribution in [1.82, 2.24) is 9.97 Å². The van der Waals surface area contributed by atoms with E-state index in [9.17, 15) is 4.79 Å². The number of aliphatic hydroxyl groups is 1. The van der Waals surface area contributed by atoms with Crippen molar-refractivity contribution in [3.05, 3.63) is 17.5 Å². The molecule has 0 bridgehead atoms. The third-order valence-electron chi connectivity index (χ3n) is 1.46. The smallest absolute Gasteiger partial charge is 0.225 e. The molecule has 1 aromatic rings.